The van der Waals surface area contributed by atoms with Crippen LogP contribution in [-0.2, 0) is 25.2 Å². The molecule has 0 fully saturated rings. The lowest BCUT2D eigenvalue weighted by Crippen LogP contribution is -2.43. The second kappa shape index (κ2) is 11.5. The maximum Gasteiger partial charge on any atom is 0.350 e. The van der Waals surface area contributed by atoms with Gasteiger partial charge in [0.2, 0.25) is 0 Å². The van der Waals surface area contributed by atoms with Gasteiger partial charge in [-0.2, -0.15) is 10.2 Å². The number of aliphatic hydroxyl groups is 1. The molecule has 0 aliphatic rings. The van der Waals surface area contributed by atoms with Gasteiger partial charge in [0.25, 0.3) is 0 Å². The van der Waals surface area contributed by atoms with Gasteiger partial charge in [0, 0.05) is 29.7 Å². The van der Waals surface area contributed by atoms with Gasteiger partial charge in [0.1, 0.15) is 36.2 Å². The highest BCUT2D eigenvalue weighted by atomic mass is 35.5. The molecule has 0 radical (unpaired) electrons. The second-order valence-corrected chi connectivity index (χ2v) is 10.1. The second-order valence-electron chi connectivity index (χ2n) is 9.66. The zero-order valence-electron chi connectivity index (χ0n) is 21.5. The third-order valence-corrected chi connectivity index (χ3v) is 6.71. The number of halogens is 3. The zero-order valence-corrected chi connectivity index (χ0v) is 22.3. The van der Waals surface area contributed by atoms with Crippen LogP contribution in [0.5, 0.6) is 0 Å². The van der Waals surface area contributed by atoms with Crippen molar-refractivity contribution >= 4 is 11.6 Å². The summed E-state index contributed by atoms with van der Waals surface area (Å²) >= 11 is 6.05. The van der Waals surface area contributed by atoms with Crippen LogP contribution in [0.1, 0.15) is 16.7 Å². The van der Waals surface area contributed by atoms with E-state index < -0.39 is 17.2 Å². The maximum atomic E-state index is 14.7. The van der Waals surface area contributed by atoms with Gasteiger partial charge in [-0.1, -0.05) is 41.9 Å². The molecule has 12 heteroatoms. The van der Waals surface area contributed by atoms with Gasteiger partial charge in [-0.25, -0.2) is 32.5 Å². The SMILES string of the molecule is CN(Cc1ccc(-n2cnn(Cc3cccc(Cl)c3)c2=O)cc1)CC(O)(Cn1cncn1)c1ccc(F)cc1F. The molecule has 3 aromatic carbocycles. The van der Waals surface area contributed by atoms with E-state index in [1.165, 1.54) is 39.0 Å². The van der Waals surface area contributed by atoms with Gasteiger partial charge >= 0.3 is 5.69 Å². The van der Waals surface area contributed by atoms with E-state index in [9.17, 15) is 18.7 Å². The monoisotopic (exact) mass is 565 g/mol. The van der Waals surface area contributed by atoms with Crippen LogP contribution >= 0.6 is 11.6 Å². The fourth-order valence-electron chi connectivity index (χ4n) is 4.68. The molecule has 9 nitrogen and oxygen atoms in total. The van der Waals surface area contributed by atoms with Crippen molar-refractivity contribution < 1.29 is 13.9 Å². The number of hydrogen-bond acceptors (Lipinski definition) is 6. The third-order valence-electron chi connectivity index (χ3n) is 6.48. The number of likely N-dealkylation sites (N-methyl/N-ethyl adjacent to an activating group) is 1. The van der Waals surface area contributed by atoms with Crippen molar-refractivity contribution in [3.05, 3.63) is 130 Å². The molecule has 206 valence electrons. The number of benzene rings is 3. The number of hydrogen-bond donors (Lipinski definition) is 1. The van der Waals surface area contributed by atoms with Crippen LogP contribution in [0.3, 0.4) is 0 Å². The molecule has 1 unspecified atom stereocenters. The Kier molecular flexibility index (Phi) is 7.88. The molecule has 0 saturated carbocycles. The molecule has 0 bridgehead atoms. The molecule has 5 aromatic rings. The molecule has 0 aliphatic heterocycles. The Morgan fingerprint density at radius 3 is 2.50 bits per heavy atom. The fraction of sp³-hybridized carbons (Fsp3) is 0.214. The lowest BCUT2D eigenvalue weighted by molar-refractivity contribution is -0.0175. The predicted molar refractivity (Wildman–Crippen MR) is 145 cm³/mol. The van der Waals surface area contributed by atoms with Crippen molar-refractivity contribution in [2.24, 2.45) is 0 Å². The Morgan fingerprint density at radius 2 is 1.80 bits per heavy atom. The van der Waals surface area contributed by atoms with Gasteiger partial charge in [-0.05, 0) is 48.5 Å². The summed E-state index contributed by atoms with van der Waals surface area (Å²) in [6, 6.07) is 17.7. The molecule has 1 N–H and O–H groups in total. The molecule has 2 heterocycles. The quantitative estimate of drug-likeness (QED) is 0.278. The van der Waals surface area contributed by atoms with Gasteiger partial charge in [0.15, 0.2) is 0 Å². The van der Waals surface area contributed by atoms with Crippen LogP contribution in [0.25, 0.3) is 5.69 Å². The number of nitrogens with zero attached hydrogens (tertiary/aromatic N) is 7. The largest absolute Gasteiger partial charge is 0.382 e. The highest BCUT2D eigenvalue weighted by Crippen LogP contribution is 2.28. The number of rotatable bonds is 10. The fourth-order valence-corrected chi connectivity index (χ4v) is 4.89. The average molecular weight is 566 g/mol. The molecular weight excluding hydrogens is 540 g/mol. The van der Waals surface area contributed by atoms with Gasteiger partial charge in [-0.15, -0.1) is 0 Å². The normalized spacial score (nSPS) is 13.1. The average Bonchev–Trinajstić information content (AvgIpc) is 3.54. The smallest absolute Gasteiger partial charge is 0.350 e. The minimum Gasteiger partial charge on any atom is -0.382 e. The molecule has 0 aliphatic carbocycles. The van der Waals surface area contributed by atoms with E-state index in [4.69, 9.17) is 11.6 Å². The van der Waals surface area contributed by atoms with Crippen molar-refractivity contribution in [2.75, 3.05) is 13.6 Å². The van der Waals surface area contributed by atoms with Crippen molar-refractivity contribution in [2.45, 2.75) is 25.2 Å². The summed E-state index contributed by atoms with van der Waals surface area (Å²) in [5, 5.41) is 20.4. The molecule has 1 atom stereocenters. The molecule has 5 rings (SSSR count). The minimum atomic E-state index is -1.72. The van der Waals surface area contributed by atoms with Gasteiger partial charge in [0.05, 0.1) is 18.8 Å². The highest BCUT2D eigenvalue weighted by molar-refractivity contribution is 6.30. The highest BCUT2D eigenvalue weighted by Gasteiger charge is 2.35. The summed E-state index contributed by atoms with van der Waals surface area (Å²) in [5.41, 5.74) is 0.358. The van der Waals surface area contributed by atoms with Gasteiger partial charge in [-0.3, -0.25) is 4.90 Å². The first-order chi connectivity index (χ1) is 19.2. The van der Waals surface area contributed by atoms with E-state index in [1.54, 1.807) is 31.3 Å². The van der Waals surface area contributed by atoms with Crippen molar-refractivity contribution in [1.82, 2.24) is 34.0 Å². The summed E-state index contributed by atoms with van der Waals surface area (Å²) < 4.78 is 32.5. The maximum absolute atomic E-state index is 14.7. The van der Waals surface area contributed by atoms with E-state index in [2.05, 4.69) is 15.2 Å². The molecule has 0 spiro atoms. The molecule has 0 saturated heterocycles. The van der Waals surface area contributed by atoms with Crippen molar-refractivity contribution in [1.29, 1.82) is 0 Å². The van der Waals surface area contributed by atoms with Crippen LogP contribution in [-0.4, -0.2) is 52.7 Å². The summed E-state index contributed by atoms with van der Waals surface area (Å²) in [7, 11) is 1.78. The minimum absolute atomic E-state index is 0.0207. The van der Waals surface area contributed by atoms with Crippen molar-refractivity contribution in [3.63, 3.8) is 0 Å². The Morgan fingerprint density at radius 1 is 1.00 bits per heavy atom. The van der Waals surface area contributed by atoms with Gasteiger partial charge < -0.3 is 5.11 Å². The zero-order chi connectivity index (χ0) is 28.3. The topological polar surface area (TPSA) is 94.0 Å². The first-order valence-corrected chi connectivity index (χ1v) is 12.7. The van der Waals surface area contributed by atoms with Crippen LogP contribution < -0.4 is 5.69 Å². The summed E-state index contributed by atoms with van der Waals surface area (Å²) in [6.45, 7) is 0.640. The van der Waals surface area contributed by atoms with E-state index in [-0.39, 0.29) is 24.3 Å². The van der Waals surface area contributed by atoms with E-state index >= 15 is 0 Å². The van der Waals surface area contributed by atoms with Crippen LogP contribution in [0.15, 0.2) is 90.5 Å². The first-order valence-electron chi connectivity index (χ1n) is 12.4. The molecule has 0 amide bonds. The lowest BCUT2D eigenvalue weighted by Gasteiger charge is -2.33. The Balaban J connectivity index is 1.30. The Labute approximate surface area is 233 Å². The Hall–Kier alpha value is -4.19. The number of aromatic nitrogens is 6. The predicted octanol–water partition coefficient (Wildman–Crippen LogP) is 3.63. The van der Waals surface area contributed by atoms with Crippen LogP contribution in [0, 0.1) is 11.6 Å². The first kappa shape index (κ1) is 27.4. The third kappa shape index (κ3) is 6.17. The molecular formula is C28H26ClF2N7O2. The molecule has 2 aromatic heterocycles. The summed E-state index contributed by atoms with van der Waals surface area (Å²) in [6.07, 6.45) is 4.21. The standard InChI is InChI=1S/C28H26ClF2N7O2/c1-35(15-28(40,16-36-18-32-17-33-36)25-10-7-23(30)12-26(25)31)13-20-5-8-24(9-6-20)37-19-34-38(27(37)39)14-21-3-2-4-22(29)11-21/h2-12,17-19,40H,13-16H2,1H3. The van der Waals surface area contributed by atoms with Crippen LogP contribution in [0.4, 0.5) is 8.78 Å². The summed E-state index contributed by atoms with van der Waals surface area (Å²) in [5.74, 6) is -1.58. The van der Waals surface area contributed by atoms with Crippen LogP contribution in [0.2, 0.25) is 5.02 Å². The lowest BCUT2D eigenvalue weighted by atomic mass is 9.92. The van der Waals surface area contributed by atoms with Crippen molar-refractivity contribution in [3.8, 4) is 5.69 Å². The molecule has 40 heavy (non-hydrogen) atoms. The van der Waals surface area contributed by atoms with E-state index in [1.807, 2.05) is 29.2 Å². The Bertz CT molecular complexity index is 1650. The van der Waals surface area contributed by atoms with E-state index in [0.29, 0.717) is 23.8 Å². The summed E-state index contributed by atoms with van der Waals surface area (Å²) in [4.78, 5) is 18.6. The van der Waals surface area contributed by atoms with E-state index in [0.717, 1.165) is 23.3 Å².